The van der Waals surface area contributed by atoms with Gasteiger partial charge in [-0.1, -0.05) is 126 Å². The molecule has 234 valence electrons. The first-order chi connectivity index (χ1) is 19.9. The Morgan fingerprint density at radius 2 is 1.07 bits per heavy atom. The zero-order chi connectivity index (χ0) is 30.0. The number of hydrogen-bond acceptors (Lipinski definition) is 9. The van der Waals surface area contributed by atoms with Crippen molar-refractivity contribution in [2.45, 2.75) is 134 Å². The number of esters is 2. The first-order valence-corrected chi connectivity index (χ1v) is 17.6. The highest BCUT2D eigenvalue weighted by Crippen LogP contribution is 2.26. The van der Waals surface area contributed by atoms with Crippen LogP contribution in [-0.2, 0) is 19.1 Å². The van der Waals surface area contributed by atoms with Gasteiger partial charge in [0, 0.05) is 23.4 Å². The molecular weight excluding hydrogens is 555 g/mol. The SMILES string of the molecule is C=C(C)C(=O)OCCCCCCCCCCCNc1nnc(SCCCCCCCCCCCOC(=O)C(=C)C)s1. The van der Waals surface area contributed by atoms with E-state index in [9.17, 15) is 9.59 Å². The molecule has 1 heterocycles. The average Bonchev–Trinajstić information content (AvgIpc) is 3.40. The Kier molecular flexibility index (Phi) is 23.4. The summed E-state index contributed by atoms with van der Waals surface area (Å²) in [6.07, 6.45) is 21.8. The van der Waals surface area contributed by atoms with E-state index in [0.717, 1.165) is 47.5 Å². The summed E-state index contributed by atoms with van der Waals surface area (Å²) in [6, 6.07) is 0. The Morgan fingerprint density at radius 3 is 1.54 bits per heavy atom. The summed E-state index contributed by atoms with van der Waals surface area (Å²) < 4.78 is 11.3. The summed E-state index contributed by atoms with van der Waals surface area (Å²) in [5, 5.41) is 13.0. The quantitative estimate of drug-likeness (QED) is 0.0435. The van der Waals surface area contributed by atoms with Crippen LogP contribution in [-0.4, -0.2) is 47.6 Å². The molecule has 1 aromatic heterocycles. The fourth-order valence-electron chi connectivity index (χ4n) is 4.18. The number of anilines is 1. The molecule has 41 heavy (non-hydrogen) atoms. The minimum atomic E-state index is -0.277. The van der Waals surface area contributed by atoms with Gasteiger partial charge in [0.05, 0.1) is 13.2 Å². The van der Waals surface area contributed by atoms with Gasteiger partial charge in [-0.3, -0.25) is 0 Å². The lowest BCUT2D eigenvalue weighted by atomic mass is 10.1. The molecule has 1 aromatic rings. The van der Waals surface area contributed by atoms with Crippen LogP contribution in [0.2, 0.25) is 0 Å². The van der Waals surface area contributed by atoms with Crippen LogP contribution in [0.1, 0.15) is 129 Å². The Morgan fingerprint density at radius 1 is 0.659 bits per heavy atom. The van der Waals surface area contributed by atoms with Crippen LogP contribution in [0, 0.1) is 0 Å². The van der Waals surface area contributed by atoms with Crippen LogP contribution < -0.4 is 5.32 Å². The molecule has 0 bridgehead atoms. The van der Waals surface area contributed by atoms with Crippen LogP contribution in [0.15, 0.2) is 28.6 Å². The molecule has 1 rings (SSSR count). The number of ether oxygens (including phenoxy) is 2. The Balaban J connectivity index is 1.83. The van der Waals surface area contributed by atoms with Crippen LogP contribution >= 0.6 is 23.1 Å². The highest BCUT2D eigenvalue weighted by atomic mass is 32.2. The van der Waals surface area contributed by atoms with Crippen molar-refractivity contribution in [1.82, 2.24) is 10.2 Å². The van der Waals surface area contributed by atoms with E-state index in [1.165, 1.54) is 89.9 Å². The van der Waals surface area contributed by atoms with Crippen LogP contribution in [0.25, 0.3) is 0 Å². The molecule has 0 unspecified atom stereocenters. The van der Waals surface area contributed by atoms with Gasteiger partial charge in [-0.25, -0.2) is 9.59 Å². The van der Waals surface area contributed by atoms with Gasteiger partial charge < -0.3 is 14.8 Å². The first-order valence-electron chi connectivity index (χ1n) is 15.8. The van der Waals surface area contributed by atoms with Crippen LogP contribution in [0.3, 0.4) is 0 Å². The van der Waals surface area contributed by atoms with Gasteiger partial charge >= 0.3 is 11.9 Å². The molecule has 0 aliphatic carbocycles. The van der Waals surface area contributed by atoms with E-state index in [4.69, 9.17) is 9.47 Å². The Bertz CT molecular complexity index is 793. The van der Waals surface area contributed by atoms with Gasteiger partial charge in [0.1, 0.15) is 0 Å². The molecule has 0 saturated carbocycles. The summed E-state index contributed by atoms with van der Waals surface area (Å²) in [5.74, 6) is 0.558. The molecule has 9 heteroatoms. The van der Waals surface area contributed by atoms with Gasteiger partial charge in [0.2, 0.25) is 5.13 Å². The summed E-state index contributed by atoms with van der Waals surface area (Å²) in [6.45, 7) is 12.5. The highest BCUT2D eigenvalue weighted by Gasteiger charge is 2.05. The van der Waals surface area contributed by atoms with E-state index >= 15 is 0 Å². The predicted octanol–water partition coefficient (Wildman–Crippen LogP) is 9.30. The van der Waals surface area contributed by atoms with E-state index in [1.54, 1.807) is 25.2 Å². The summed E-state index contributed by atoms with van der Waals surface area (Å²) in [4.78, 5) is 22.6. The van der Waals surface area contributed by atoms with Gasteiger partial charge in [0.25, 0.3) is 0 Å². The van der Waals surface area contributed by atoms with E-state index in [1.807, 2.05) is 11.8 Å². The number of rotatable bonds is 28. The number of carbonyl (C=O) groups excluding carboxylic acids is 2. The van der Waals surface area contributed by atoms with Crippen molar-refractivity contribution >= 4 is 40.2 Å². The Labute approximate surface area is 257 Å². The van der Waals surface area contributed by atoms with E-state index < -0.39 is 0 Å². The third-order valence-corrected chi connectivity index (χ3v) is 8.78. The maximum Gasteiger partial charge on any atom is 0.333 e. The lowest BCUT2D eigenvalue weighted by Crippen LogP contribution is -2.05. The monoisotopic (exact) mass is 609 g/mol. The molecule has 0 fully saturated rings. The van der Waals surface area contributed by atoms with Crippen LogP contribution in [0.4, 0.5) is 5.13 Å². The third kappa shape index (κ3) is 22.4. The minimum absolute atomic E-state index is 0.276. The van der Waals surface area contributed by atoms with Crippen molar-refractivity contribution < 1.29 is 19.1 Å². The normalized spacial score (nSPS) is 10.9. The van der Waals surface area contributed by atoms with Gasteiger partial charge in [0.15, 0.2) is 4.34 Å². The van der Waals surface area contributed by atoms with Crippen molar-refractivity contribution in [3.63, 3.8) is 0 Å². The molecule has 0 aliphatic rings. The predicted molar refractivity (Wildman–Crippen MR) is 174 cm³/mol. The lowest BCUT2D eigenvalue weighted by molar-refractivity contribution is -0.139. The zero-order valence-electron chi connectivity index (χ0n) is 25.8. The minimum Gasteiger partial charge on any atom is -0.462 e. The van der Waals surface area contributed by atoms with E-state index in [-0.39, 0.29) is 11.9 Å². The number of nitrogens with one attached hydrogen (secondary N) is 1. The number of unbranched alkanes of at least 4 members (excludes halogenated alkanes) is 16. The molecule has 0 atom stereocenters. The van der Waals surface area contributed by atoms with E-state index in [2.05, 4.69) is 28.7 Å². The highest BCUT2D eigenvalue weighted by molar-refractivity contribution is 8.01. The number of aromatic nitrogens is 2. The number of thioether (sulfide) groups is 1. The fraction of sp³-hybridized carbons (Fsp3) is 0.750. The van der Waals surface area contributed by atoms with Crippen molar-refractivity contribution in [2.75, 3.05) is 30.8 Å². The van der Waals surface area contributed by atoms with E-state index in [0.29, 0.717) is 24.4 Å². The molecule has 0 saturated heterocycles. The topological polar surface area (TPSA) is 90.4 Å². The van der Waals surface area contributed by atoms with Gasteiger partial charge in [-0.15, -0.1) is 10.2 Å². The second kappa shape index (κ2) is 25.8. The molecule has 0 radical (unpaired) electrons. The number of carbonyl (C=O) groups is 2. The summed E-state index contributed by atoms with van der Waals surface area (Å²) in [7, 11) is 0. The maximum absolute atomic E-state index is 11.3. The molecular formula is C32H55N3O4S2. The van der Waals surface area contributed by atoms with Crippen molar-refractivity contribution in [3.05, 3.63) is 24.3 Å². The summed E-state index contributed by atoms with van der Waals surface area (Å²) in [5.41, 5.74) is 0.943. The van der Waals surface area contributed by atoms with Gasteiger partial charge in [-0.05, 0) is 39.5 Å². The first kappa shape index (κ1) is 37.2. The molecule has 0 spiro atoms. The zero-order valence-corrected chi connectivity index (χ0v) is 27.4. The largest absolute Gasteiger partial charge is 0.462 e. The third-order valence-electron chi connectivity index (χ3n) is 6.68. The molecule has 0 amide bonds. The van der Waals surface area contributed by atoms with Crippen molar-refractivity contribution in [2.24, 2.45) is 0 Å². The summed E-state index contributed by atoms with van der Waals surface area (Å²) >= 11 is 3.50. The van der Waals surface area contributed by atoms with Crippen LogP contribution in [0.5, 0.6) is 0 Å². The van der Waals surface area contributed by atoms with Crippen molar-refractivity contribution in [3.8, 4) is 0 Å². The smallest absolute Gasteiger partial charge is 0.333 e. The maximum atomic E-state index is 11.3. The molecule has 7 nitrogen and oxygen atoms in total. The standard InChI is InChI=1S/C32H55N3O4S2/c1-27(2)29(36)38-24-20-16-12-8-5-7-11-15-19-23-33-31-34-35-32(41-31)40-26-22-18-14-10-6-9-13-17-21-25-39-30(37)28(3)4/h1,3,5-26H2,2,4H3,(H,33,34). The molecule has 0 aromatic carbocycles. The molecule has 0 aliphatic heterocycles. The molecule has 1 N–H and O–H groups in total. The lowest BCUT2D eigenvalue weighted by Gasteiger charge is -2.05. The van der Waals surface area contributed by atoms with Gasteiger partial charge in [-0.2, -0.15) is 0 Å². The fourth-order valence-corrected chi connectivity index (χ4v) is 6.02. The van der Waals surface area contributed by atoms with Crippen molar-refractivity contribution in [1.29, 1.82) is 0 Å². The second-order valence-electron chi connectivity index (χ2n) is 10.8. The Hall–Kier alpha value is -1.87. The number of nitrogens with zero attached hydrogens (tertiary/aromatic N) is 2. The second-order valence-corrected chi connectivity index (χ2v) is 13.2. The average molecular weight is 610 g/mol. The number of hydrogen-bond donors (Lipinski definition) is 1.